The third-order valence-electron chi connectivity index (χ3n) is 6.77. The minimum atomic E-state index is -4.63. The number of piperidine rings is 1. The van der Waals surface area contributed by atoms with Crippen molar-refractivity contribution in [3.8, 4) is 22.9 Å². The van der Waals surface area contributed by atoms with E-state index in [-0.39, 0.29) is 48.5 Å². The fraction of sp³-hybridized carbons (Fsp3) is 0.400. The maximum atomic E-state index is 14.9. The molecule has 16 heteroatoms. The Labute approximate surface area is 230 Å². The number of halogens is 6. The molecule has 1 saturated heterocycles. The molecule has 5 rings (SSSR count). The molecule has 1 aliphatic carbocycles. The van der Waals surface area contributed by atoms with Gasteiger partial charge in [0.05, 0.1) is 17.0 Å². The molecule has 1 aliphatic heterocycles. The predicted molar refractivity (Wildman–Crippen MR) is 137 cm³/mol. The number of sulfonamides is 1. The number of ether oxygens (including phenoxy) is 1. The van der Waals surface area contributed by atoms with Crippen molar-refractivity contribution in [2.75, 3.05) is 28.9 Å². The minimum absolute atomic E-state index is 0.0772. The van der Waals surface area contributed by atoms with Crippen LogP contribution in [0.5, 0.6) is 11.6 Å². The van der Waals surface area contributed by atoms with E-state index in [2.05, 4.69) is 25.6 Å². The monoisotopic (exact) mass is 602 g/mol. The summed E-state index contributed by atoms with van der Waals surface area (Å²) in [5.74, 6) is -12.1. The van der Waals surface area contributed by atoms with Gasteiger partial charge >= 0.3 is 0 Å². The number of alkyl halides is 3. The van der Waals surface area contributed by atoms with Crippen LogP contribution in [0.15, 0.2) is 36.7 Å². The van der Waals surface area contributed by atoms with E-state index in [1.54, 1.807) is 0 Å². The van der Waals surface area contributed by atoms with E-state index in [1.165, 1.54) is 35.3 Å². The first-order valence-electron chi connectivity index (χ1n) is 12.6. The van der Waals surface area contributed by atoms with Crippen LogP contribution in [0.25, 0.3) is 11.3 Å². The molecule has 1 saturated carbocycles. The first-order chi connectivity index (χ1) is 19.4. The van der Waals surface area contributed by atoms with Gasteiger partial charge in [0.25, 0.3) is 5.92 Å². The summed E-state index contributed by atoms with van der Waals surface area (Å²) in [7, 11) is -4.63. The van der Waals surface area contributed by atoms with Crippen molar-refractivity contribution >= 4 is 21.7 Å². The standard InChI is InChI=1S/C25H24F6N6O3S/c26-14-8-15(11-32-10-14)35-24-34-7-4-18(36-24)16-2-1-6-33-23(16)40-19-9-17(27)22(21(29)20(19)28)37-41(38,39)12-13-3-5-25(13,30)31/h1-2,4,6-7,9,13-15,32,37H,3,5,8,10-12H2,(H,34,35,36)/t13?,14-,15?/m0/s1. The van der Waals surface area contributed by atoms with E-state index in [9.17, 15) is 34.8 Å². The van der Waals surface area contributed by atoms with Gasteiger partial charge in [-0.25, -0.2) is 45.3 Å². The highest BCUT2D eigenvalue weighted by Crippen LogP contribution is 2.44. The van der Waals surface area contributed by atoms with E-state index >= 15 is 0 Å². The van der Waals surface area contributed by atoms with Gasteiger partial charge in [0, 0.05) is 56.4 Å². The summed E-state index contributed by atoms with van der Waals surface area (Å²) < 4.78 is 117. The van der Waals surface area contributed by atoms with Crippen molar-refractivity contribution in [3.63, 3.8) is 0 Å². The van der Waals surface area contributed by atoms with Crippen LogP contribution in [0.3, 0.4) is 0 Å². The Bertz CT molecular complexity index is 1550. The van der Waals surface area contributed by atoms with Crippen molar-refractivity contribution in [2.45, 2.75) is 37.4 Å². The SMILES string of the molecule is O=S(=O)(CC1CCC1(F)F)Nc1c(F)cc(Oc2ncccc2-c2ccnc(NC3CNC[C@@H](F)C3)n2)c(F)c1F. The molecule has 2 fully saturated rings. The predicted octanol–water partition coefficient (Wildman–Crippen LogP) is 4.65. The zero-order chi connectivity index (χ0) is 29.4. The number of pyridine rings is 1. The van der Waals surface area contributed by atoms with Crippen LogP contribution < -0.4 is 20.1 Å². The first-order valence-corrected chi connectivity index (χ1v) is 14.2. The minimum Gasteiger partial charge on any atom is -0.435 e. The van der Waals surface area contributed by atoms with E-state index < -0.39 is 69.1 Å². The molecular weight excluding hydrogens is 578 g/mol. The van der Waals surface area contributed by atoms with Gasteiger partial charge in [0.1, 0.15) is 11.9 Å². The van der Waals surface area contributed by atoms with Gasteiger partial charge in [-0.1, -0.05) is 0 Å². The van der Waals surface area contributed by atoms with E-state index in [0.717, 1.165) is 0 Å². The summed E-state index contributed by atoms with van der Waals surface area (Å²) in [4.78, 5) is 12.5. The summed E-state index contributed by atoms with van der Waals surface area (Å²) in [6, 6.07) is 4.62. The average Bonchev–Trinajstić information content (AvgIpc) is 2.93. The fourth-order valence-corrected chi connectivity index (χ4v) is 6.03. The Balaban J connectivity index is 1.36. The zero-order valence-electron chi connectivity index (χ0n) is 21.2. The van der Waals surface area contributed by atoms with Gasteiger partial charge in [0.2, 0.25) is 27.7 Å². The lowest BCUT2D eigenvalue weighted by Crippen LogP contribution is -2.44. The van der Waals surface area contributed by atoms with Crippen molar-refractivity contribution in [1.29, 1.82) is 0 Å². The summed E-state index contributed by atoms with van der Waals surface area (Å²) in [6.45, 7) is 0.740. The van der Waals surface area contributed by atoms with Crippen LogP contribution in [-0.4, -0.2) is 60.3 Å². The average molecular weight is 603 g/mol. The third kappa shape index (κ3) is 6.48. The van der Waals surface area contributed by atoms with Crippen LogP contribution >= 0.6 is 0 Å². The van der Waals surface area contributed by atoms with Crippen LogP contribution in [0.1, 0.15) is 19.3 Å². The molecular formula is C25H24F6N6O3S. The third-order valence-corrected chi connectivity index (χ3v) is 8.12. The Kier molecular flexibility index (Phi) is 7.96. The zero-order valence-corrected chi connectivity index (χ0v) is 22.0. The molecule has 3 N–H and O–H groups in total. The second kappa shape index (κ2) is 11.3. The van der Waals surface area contributed by atoms with Gasteiger partial charge in [-0.15, -0.1) is 0 Å². The molecule has 0 radical (unpaired) electrons. The number of hydrogen-bond donors (Lipinski definition) is 3. The molecule has 3 atom stereocenters. The number of benzene rings is 1. The summed E-state index contributed by atoms with van der Waals surface area (Å²) >= 11 is 0. The molecule has 0 amide bonds. The number of hydrogen-bond acceptors (Lipinski definition) is 8. The lowest BCUT2D eigenvalue weighted by molar-refractivity contribution is -0.122. The number of aromatic nitrogens is 3. The number of anilines is 2. The molecule has 41 heavy (non-hydrogen) atoms. The number of rotatable bonds is 9. The van der Waals surface area contributed by atoms with Gasteiger partial charge in [-0.3, -0.25) is 4.72 Å². The Hall–Kier alpha value is -3.66. The van der Waals surface area contributed by atoms with E-state index in [1.807, 2.05) is 0 Å². The smallest absolute Gasteiger partial charge is 0.252 e. The quantitative estimate of drug-likeness (QED) is 0.240. The van der Waals surface area contributed by atoms with Crippen LogP contribution in [0.4, 0.5) is 38.0 Å². The maximum Gasteiger partial charge on any atom is 0.252 e. The Morgan fingerprint density at radius 1 is 1.10 bits per heavy atom. The van der Waals surface area contributed by atoms with Crippen LogP contribution in [0.2, 0.25) is 0 Å². The highest BCUT2D eigenvalue weighted by molar-refractivity contribution is 7.92. The van der Waals surface area contributed by atoms with Gasteiger partial charge in [-0.2, -0.15) is 4.39 Å². The van der Waals surface area contributed by atoms with Crippen molar-refractivity contribution < 1.29 is 39.5 Å². The fourth-order valence-electron chi connectivity index (χ4n) is 4.51. The molecule has 1 aromatic carbocycles. The second-order valence-corrected chi connectivity index (χ2v) is 11.6. The molecule has 2 aliphatic rings. The molecule has 0 spiro atoms. The van der Waals surface area contributed by atoms with Gasteiger partial charge in [-0.05, 0) is 24.6 Å². The van der Waals surface area contributed by atoms with Crippen molar-refractivity contribution in [2.24, 2.45) is 5.92 Å². The molecule has 2 aromatic heterocycles. The summed E-state index contributed by atoms with van der Waals surface area (Å²) in [6.07, 6.45) is 1.33. The van der Waals surface area contributed by atoms with E-state index in [0.29, 0.717) is 12.6 Å². The maximum absolute atomic E-state index is 14.9. The molecule has 9 nitrogen and oxygen atoms in total. The largest absolute Gasteiger partial charge is 0.435 e. The van der Waals surface area contributed by atoms with Crippen molar-refractivity contribution in [1.82, 2.24) is 20.3 Å². The molecule has 3 aromatic rings. The summed E-state index contributed by atoms with van der Waals surface area (Å²) in [5, 5.41) is 5.97. The number of nitrogens with one attached hydrogen (secondary N) is 3. The highest BCUT2D eigenvalue weighted by atomic mass is 32.2. The summed E-state index contributed by atoms with van der Waals surface area (Å²) in [5.41, 5.74) is -0.933. The van der Waals surface area contributed by atoms with Crippen molar-refractivity contribution in [3.05, 3.63) is 54.1 Å². The molecule has 3 heterocycles. The Morgan fingerprint density at radius 3 is 2.61 bits per heavy atom. The van der Waals surface area contributed by atoms with Gasteiger partial charge in [0.15, 0.2) is 17.4 Å². The van der Waals surface area contributed by atoms with Crippen LogP contribution in [0, 0.1) is 23.4 Å². The lowest BCUT2D eigenvalue weighted by Gasteiger charge is -2.35. The highest BCUT2D eigenvalue weighted by Gasteiger charge is 2.50. The van der Waals surface area contributed by atoms with Gasteiger partial charge < -0.3 is 15.4 Å². The molecule has 220 valence electrons. The van der Waals surface area contributed by atoms with E-state index in [4.69, 9.17) is 4.74 Å². The molecule has 2 unspecified atom stereocenters. The second-order valence-electron chi connectivity index (χ2n) is 9.80. The Morgan fingerprint density at radius 2 is 1.90 bits per heavy atom. The number of nitrogens with zero attached hydrogens (tertiary/aromatic N) is 3. The molecule has 0 bridgehead atoms. The topological polar surface area (TPSA) is 118 Å². The van der Waals surface area contributed by atoms with Crippen LogP contribution in [-0.2, 0) is 10.0 Å². The first kappa shape index (κ1) is 28.9. The normalized spacial score (nSPS) is 22.0. The lowest BCUT2D eigenvalue weighted by atomic mass is 9.82.